The topological polar surface area (TPSA) is 106 Å². The van der Waals surface area contributed by atoms with E-state index in [1.165, 1.54) is 24.3 Å². The number of hydrogen-bond acceptors (Lipinski definition) is 6. The third-order valence-corrected chi connectivity index (χ3v) is 2.93. The average molecular weight is 324 g/mol. The van der Waals surface area contributed by atoms with E-state index in [4.69, 9.17) is 14.4 Å². The van der Waals surface area contributed by atoms with Crippen LogP contribution in [-0.4, -0.2) is 17.5 Å². The van der Waals surface area contributed by atoms with Crippen molar-refractivity contribution in [1.82, 2.24) is 0 Å². The zero-order chi connectivity index (χ0) is 17.5. The monoisotopic (exact) mass is 324 g/mol. The Morgan fingerprint density at radius 1 is 1.42 bits per heavy atom. The van der Waals surface area contributed by atoms with E-state index in [1.807, 2.05) is 0 Å². The van der Waals surface area contributed by atoms with Gasteiger partial charge in [0.15, 0.2) is 0 Å². The van der Waals surface area contributed by atoms with E-state index in [-0.39, 0.29) is 23.6 Å². The summed E-state index contributed by atoms with van der Waals surface area (Å²) >= 11 is 0. The molecule has 0 bridgehead atoms. The first kappa shape index (κ1) is 16.7. The highest BCUT2D eigenvalue weighted by Gasteiger charge is 2.13. The van der Waals surface area contributed by atoms with Crippen LogP contribution in [0.5, 0.6) is 0 Å². The number of nitrogens with zero attached hydrogens (tertiary/aromatic N) is 2. The van der Waals surface area contributed by atoms with E-state index in [1.54, 1.807) is 30.3 Å². The molecule has 0 aliphatic rings. The van der Waals surface area contributed by atoms with Gasteiger partial charge in [-0.15, -0.1) is 0 Å². The molecule has 0 saturated heterocycles. The minimum Gasteiger partial charge on any atom is -0.457 e. The molecule has 0 saturated carbocycles. The molecule has 7 heteroatoms. The van der Waals surface area contributed by atoms with Crippen molar-refractivity contribution in [3.05, 3.63) is 70.5 Å². The summed E-state index contributed by atoms with van der Waals surface area (Å²) in [6, 6.07) is 10.8. The summed E-state index contributed by atoms with van der Waals surface area (Å²) in [6.07, 6.45) is 2.63. The Balaban J connectivity index is 2.27. The maximum absolute atomic E-state index is 11.7. The van der Waals surface area contributed by atoms with Crippen LogP contribution in [0.25, 0.3) is 17.4 Å². The molecule has 1 heterocycles. The summed E-state index contributed by atoms with van der Waals surface area (Å²) in [4.78, 5) is 22.0. The lowest BCUT2D eigenvalue weighted by Gasteiger charge is -1.99. The molecular weight excluding hydrogens is 312 g/mol. The van der Waals surface area contributed by atoms with Crippen molar-refractivity contribution in [2.75, 3.05) is 6.61 Å². The van der Waals surface area contributed by atoms with E-state index in [9.17, 15) is 14.9 Å². The number of nitriles is 1. The number of non-ortho nitro benzene ring substituents is 1. The largest absolute Gasteiger partial charge is 0.457 e. The van der Waals surface area contributed by atoms with E-state index >= 15 is 0 Å². The maximum atomic E-state index is 11.7. The molecule has 1 aromatic carbocycles. The molecule has 0 atom stereocenters. The lowest BCUT2D eigenvalue weighted by molar-refractivity contribution is -0.384. The number of benzene rings is 1. The first-order chi connectivity index (χ1) is 11.5. The number of rotatable bonds is 6. The number of furan rings is 1. The molecule has 1 aromatic heterocycles. The summed E-state index contributed by atoms with van der Waals surface area (Å²) < 4.78 is 10.3. The van der Waals surface area contributed by atoms with Gasteiger partial charge in [-0.05, 0) is 12.1 Å². The van der Waals surface area contributed by atoms with Crippen molar-refractivity contribution in [3.63, 3.8) is 0 Å². The van der Waals surface area contributed by atoms with Gasteiger partial charge in [0.05, 0.1) is 4.92 Å². The van der Waals surface area contributed by atoms with Crippen LogP contribution in [0.15, 0.2) is 59.0 Å². The standard InChI is InChI=1S/C17H12N2O5/c1-2-8-23-17(20)13(11-18)10-15-6-7-16(24-15)12-4-3-5-14(9-12)19(21)22/h2-7,9-10H,1,8H2. The Hall–Kier alpha value is -3.66. The van der Waals surface area contributed by atoms with Crippen LogP contribution >= 0.6 is 0 Å². The molecule has 120 valence electrons. The van der Waals surface area contributed by atoms with Gasteiger partial charge in [0, 0.05) is 23.8 Å². The minimum absolute atomic E-state index is 0.00502. The molecule has 0 N–H and O–H groups in total. The molecule has 2 aromatic rings. The fourth-order valence-electron chi connectivity index (χ4n) is 1.85. The van der Waals surface area contributed by atoms with Crippen LogP contribution in [0.3, 0.4) is 0 Å². The van der Waals surface area contributed by atoms with Gasteiger partial charge in [-0.1, -0.05) is 24.8 Å². The Bertz CT molecular complexity index is 858. The van der Waals surface area contributed by atoms with Crippen molar-refractivity contribution in [2.24, 2.45) is 0 Å². The Morgan fingerprint density at radius 3 is 2.88 bits per heavy atom. The Kier molecular flexibility index (Phi) is 5.26. The summed E-state index contributed by atoms with van der Waals surface area (Å²) in [7, 11) is 0. The van der Waals surface area contributed by atoms with Crippen LogP contribution in [-0.2, 0) is 9.53 Å². The summed E-state index contributed by atoms with van der Waals surface area (Å²) in [5.74, 6) is -0.156. The number of esters is 1. The van der Waals surface area contributed by atoms with Gasteiger partial charge < -0.3 is 9.15 Å². The Labute approximate surface area is 137 Å². The Morgan fingerprint density at radius 2 is 2.21 bits per heavy atom. The third-order valence-electron chi connectivity index (χ3n) is 2.93. The highest BCUT2D eigenvalue weighted by Crippen LogP contribution is 2.26. The van der Waals surface area contributed by atoms with Gasteiger partial charge in [-0.2, -0.15) is 5.26 Å². The van der Waals surface area contributed by atoms with Crippen molar-refractivity contribution >= 4 is 17.7 Å². The van der Waals surface area contributed by atoms with Crippen LogP contribution in [0, 0.1) is 21.4 Å². The maximum Gasteiger partial charge on any atom is 0.349 e. The first-order valence-corrected chi connectivity index (χ1v) is 6.79. The molecule has 0 amide bonds. The molecule has 0 unspecified atom stereocenters. The van der Waals surface area contributed by atoms with Crippen LogP contribution in [0.2, 0.25) is 0 Å². The van der Waals surface area contributed by atoms with Gasteiger partial charge >= 0.3 is 5.97 Å². The SMILES string of the molecule is C=CCOC(=O)C(C#N)=Cc1ccc(-c2cccc([N+](=O)[O-])c2)o1. The lowest BCUT2D eigenvalue weighted by Crippen LogP contribution is -2.06. The second kappa shape index (κ2) is 7.56. The highest BCUT2D eigenvalue weighted by atomic mass is 16.6. The second-order valence-corrected chi connectivity index (χ2v) is 4.57. The smallest absolute Gasteiger partial charge is 0.349 e. The predicted molar refractivity (Wildman–Crippen MR) is 85.5 cm³/mol. The van der Waals surface area contributed by atoms with Crippen molar-refractivity contribution in [1.29, 1.82) is 5.26 Å². The van der Waals surface area contributed by atoms with Gasteiger partial charge in [0.25, 0.3) is 5.69 Å². The molecule has 24 heavy (non-hydrogen) atoms. The van der Waals surface area contributed by atoms with Crippen molar-refractivity contribution < 1.29 is 18.9 Å². The number of carbonyl (C=O) groups is 1. The minimum atomic E-state index is -0.786. The van der Waals surface area contributed by atoms with Gasteiger partial charge in [-0.3, -0.25) is 10.1 Å². The van der Waals surface area contributed by atoms with Gasteiger partial charge in [0.2, 0.25) is 0 Å². The summed E-state index contributed by atoms with van der Waals surface area (Å²) in [6.45, 7) is 3.41. The number of ether oxygens (including phenoxy) is 1. The third kappa shape index (κ3) is 3.96. The molecule has 0 fully saturated rings. The van der Waals surface area contributed by atoms with E-state index in [0.29, 0.717) is 11.3 Å². The first-order valence-electron chi connectivity index (χ1n) is 6.79. The van der Waals surface area contributed by atoms with E-state index < -0.39 is 10.9 Å². The molecule has 0 aliphatic carbocycles. The number of nitro benzene ring substituents is 1. The summed E-state index contributed by atoms with van der Waals surface area (Å²) in [5.41, 5.74) is 0.222. The van der Waals surface area contributed by atoms with Crippen LogP contribution < -0.4 is 0 Å². The highest BCUT2D eigenvalue weighted by molar-refractivity contribution is 5.97. The molecule has 0 spiro atoms. The zero-order valence-corrected chi connectivity index (χ0v) is 12.5. The average Bonchev–Trinajstić information content (AvgIpc) is 3.06. The zero-order valence-electron chi connectivity index (χ0n) is 12.5. The molecule has 0 radical (unpaired) electrons. The van der Waals surface area contributed by atoms with Gasteiger partial charge in [0.1, 0.15) is 29.8 Å². The fraction of sp³-hybridized carbons (Fsp3) is 0.0588. The second-order valence-electron chi connectivity index (χ2n) is 4.57. The quantitative estimate of drug-likeness (QED) is 0.201. The fourth-order valence-corrected chi connectivity index (χ4v) is 1.85. The van der Waals surface area contributed by atoms with Gasteiger partial charge in [-0.25, -0.2) is 4.79 Å². The summed E-state index contributed by atoms with van der Waals surface area (Å²) in [5, 5.41) is 19.8. The van der Waals surface area contributed by atoms with E-state index in [2.05, 4.69) is 6.58 Å². The lowest BCUT2D eigenvalue weighted by atomic mass is 10.1. The van der Waals surface area contributed by atoms with Crippen molar-refractivity contribution in [2.45, 2.75) is 0 Å². The molecule has 7 nitrogen and oxygen atoms in total. The number of carbonyl (C=O) groups excluding carboxylic acids is 1. The van der Waals surface area contributed by atoms with Crippen LogP contribution in [0.4, 0.5) is 5.69 Å². The molecule has 2 rings (SSSR count). The van der Waals surface area contributed by atoms with E-state index in [0.717, 1.165) is 0 Å². The number of nitro groups is 1. The molecular formula is C17H12N2O5. The van der Waals surface area contributed by atoms with Crippen LogP contribution in [0.1, 0.15) is 5.76 Å². The predicted octanol–water partition coefficient (Wildman–Crippen LogP) is 3.49. The molecule has 0 aliphatic heterocycles. The van der Waals surface area contributed by atoms with Crippen molar-refractivity contribution in [3.8, 4) is 17.4 Å². The number of hydrogen-bond donors (Lipinski definition) is 0. The normalized spacial score (nSPS) is 10.7.